The summed E-state index contributed by atoms with van der Waals surface area (Å²) in [4.78, 5) is 12.0. The van der Waals surface area contributed by atoms with Crippen LogP contribution in [0, 0.1) is 11.6 Å². The normalized spacial score (nSPS) is 17.3. The Morgan fingerprint density at radius 3 is 2.62 bits per heavy atom. The van der Waals surface area contributed by atoms with E-state index in [9.17, 15) is 13.6 Å². The van der Waals surface area contributed by atoms with Gasteiger partial charge in [-0.1, -0.05) is 19.3 Å². The van der Waals surface area contributed by atoms with E-state index in [0.717, 1.165) is 31.4 Å². The van der Waals surface area contributed by atoms with E-state index in [4.69, 9.17) is 10.5 Å². The standard InChI is InChI=1S/C15H20F2N2O2/c16-12-5-4-11(10-13(12)17)21-9-8-19-14(20)15(18)6-2-1-3-7-15/h4-5,10H,1-3,6-9,18H2,(H,19,20). The molecule has 0 aromatic heterocycles. The first-order valence-corrected chi connectivity index (χ1v) is 7.16. The Balaban J connectivity index is 1.74. The molecular weight excluding hydrogens is 278 g/mol. The van der Waals surface area contributed by atoms with E-state index >= 15 is 0 Å². The molecule has 0 spiro atoms. The van der Waals surface area contributed by atoms with Crippen molar-refractivity contribution >= 4 is 5.91 Å². The molecule has 0 radical (unpaired) electrons. The summed E-state index contributed by atoms with van der Waals surface area (Å²) in [6.45, 7) is 0.448. The highest BCUT2D eigenvalue weighted by Crippen LogP contribution is 2.25. The molecule has 1 aromatic rings. The summed E-state index contributed by atoms with van der Waals surface area (Å²) < 4.78 is 31.0. The molecule has 2 rings (SSSR count). The van der Waals surface area contributed by atoms with Crippen LogP contribution >= 0.6 is 0 Å². The van der Waals surface area contributed by atoms with E-state index in [1.807, 2.05) is 0 Å². The monoisotopic (exact) mass is 298 g/mol. The molecule has 1 aliphatic rings. The Hall–Kier alpha value is -1.69. The fourth-order valence-corrected chi connectivity index (χ4v) is 2.49. The summed E-state index contributed by atoms with van der Waals surface area (Å²) in [5.41, 5.74) is 5.31. The van der Waals surface area contributed by atoms with Gasteiger partial charge >= 0.3 is 0 Å². The maximum atomic E-state index is 13.0. The quantitative estimate of drug-likeness (QED) is 0.818. The summed E-state index contributed by atoms with van der Waals surface area (Å²) in [6.07, 6.45) is 4.45. The number of benzene rings is 1. The van der Waals surface area contributed by atoms with Crippen LogP contribution in [0.2, 0.25) is 0 Å². The average molecular weight is 298 g/mol. The number of carbonyl (C=O) groups is 1. The minimum Gasteiger partial charge on any atom is -0.492 e. The van der Waals surface area contributed by atoms with Gasteiger partial charge in [-0.15, -0.1) is 0 Å². The molecule has 0 heterocycles. The molecule has 116 valence electrons. The van der Waals surface area contributed by atoms with Gasteiger partial charge in [-0.05, 0) is 25.0 Å². The molecule has 1 fully saturated rings. The Morgan fingerprint density at radius 2 is 1.95 bits per heavy atom. The molecule has 0 atom stereocenters. The molecule has 1 saturated carbocycles. The highest BCUT2D eigenvalue weighted by atomic mass is 19.2. The molecule has 0 unspecified atom stereocenters. The van der Waals surface area contributed by atoms with Crippen molar-refractivity contribution < 1.29 is 18.3 Å². The van der Waals surface area contributed by atoms with Crippen LogP contribution in [0.25, 0.3) is 0 Å². The maximum Gasteiger partial charge on any atom is 0.240 e. The molecule has 21 heavy (non-hydrogen) atoms. The zero-order valence-corrected chi connectivity index (χ0v) is 11.8. The zero-order valence-electron chi connectivity index (χ0n) is 11.8. The number of nitrogens with one attached hydrogen (secondary N) is 1. The second kappa shape index (κ2) is 6.85. The molecule has 6 heteroatoms. The van der Waals surface area contributed by atoms with E-state index in [2.05, 4.69) is 5.32 Å². The summed E-state index contributed by atoms with van der Waals surface area (Å²) in [5.74, 6) is -1.82. The lowest BCUT2D eigenvalue weighted by Gasteiger charge is -2.31. The van der Waals surface area contributed by atoms with Crippen LogP contribution in [0.1, 0.15) is 32.1 Å². The molecule has 1 amide bonds. The van der Waals surface area contributed by atoms with E-state index < -0.39 is 17.2 Å². The van der Waals surface area contributed by atoms with Crippen LogP contribution in [0.5, 0.6) is 5.75 Å². The van der Waals surface area contributed by atoms with E-state index in [1.165, 1.54) is 6.07 Å². The van der Waals surface area contributed by atoms with Crippen molar-refractivity contribution in [3.63, 3.8) is 0 Å². The minimum absolute atomic E-state index is 0.170. The Kier molecular flexibility index (Phi) is 5.12. The molecule has 0 bridgehead atoms. The smallest absolute Gasteiger partial charge is 0.240 e. The number of amides is 1. The van der Waals surface area contributed by atoms with Crippen molar-refractivity contribution in [2.75, 3.05) is 13.2 Å². The van der Waals surface area contributed by atoms with Crippen molar-refractivity contribution in [1.82, 2.24) is 5.32 Å². The molecule has 3 N–H and O–H groups in total. The minimum atomic E-state index is -0.959. The first kappa shape index (κ1) is 15.7. The van der Waals surface area contributed by atoms with Gasteiger partial charge in [0.05, 0.1) is 12.1 Å². The lowest BCUT2D eigenvalue weighted by molar-refractivity contribution is -0.127. The average Bonchev–Trinajstić information content (AvgIpc) is 2.47. The molecule has 4 nitrogen and oxygen atoms in total. The molecular formula is C15H20F2N2O2. The topological polar surface area (TPSA) is 64.4 Å². The van der Waals surface area contributed by atoms with E-state index in [-0.39, 0.29) is 24.8 Å². The number of rotatable bonds is 5. The summed E-state index contributed by atoms with van der Waals surface area (Å²) in [6, 6.07) is 3.31. The fourth-order valence-electron chi connectivity index (χ4n) is 2.49. The Morgan fingerprint density at radius 1 is 1.24 bits per heavy atom. The summed E-state index contributed by atoms with van der Waals surface area (Å²) in [5, 5.41) is 2.73. The first-order chi connectivity index (χ1) is 10.0. The number of ether oxygens (including phenoxy) is 1. The van der Waals surface area contributed by atoms with Crippen molar-refractivity contribution in [3.8, 4) is 5.75 Å². The predicted octanol–water partition coefficient (Wildman–Crippen LogP) is 2.12. The first-order valence-electron chi connectivity index (χ1n) is 7.16. The molecule has 1 aliphatic carbocycles. The number of nitrogens with two attached hydrogens (primary N) is 1. The van der Waals surface area contributed by atoms with Gasteiger partial charge in [0, 0.05) is 6.07 Å². The summed E-state index contributed by atoms with van der Waals surface area (Å²) in [7, 11) is 0. The number of hydrogen-bond acceptors (Lipinski definition) is 3. The highest BCUT2D eigenvalue weighted by molar-refractivity contribution is 5.86. The van der Waals surface area contributed by atoms with Gasteiger partial charge in [0.1, 0.15) is 12.4 Å². The van der Waals surface area contributed by atoms with Crippen molar-refractivity contribution in [2.24, 2.45) is 5.73 Å². The third-order valence-electron chi connectivity index (χ3n) is 3.75. The highest BCUT2D eigenvalue weighted by Gasteiger charge is 2.34. The maximum absolute atomic E-state index is 13.0. The van der Waals surface area contributed by atoms with Crippen molar-refractivity contribution in [1.29, 1.82) is 0 Å². The molecule has 1 aromatic carbocycles. The van der Waals surface area contributed by atoms with Crippen LogP contribution in [-0.2, 0) is 4.79 Å². The largest absolute Gasteiger partial charge is 0.492 e. The van der Waals surface area contributed by atoms with Gasteiger partial charge in [0.2, 0.25) is 5.91 Å². The van der Waals surface area contributed by atoms with Gasteiger partial charge < -0.3 is 15.8 Å². The van der Waals surface area contributed by atoms with E-state index in [1.54, 1.807) is 0 Å². The van der Waals surface area contributed by atoms with Crippen LogP contribution in [-0.4, -0.2) is 24.6 Å². The van der Waals surface area contributed by atoms with Gasteiger partial charge in [-0.2, -0.15) is 0 Å². The molecule has 0 aliphatic heterocycles. The number of halogens is 2. The Bertz CT molecular complexity index is 502. The second-order valence-corrected chi connectivity index (χ2v) is 5.40. The second-order valence-electron chi connectivity index (χ2n) is 5.40. The predicted molar refractivity (Wildman–Crippen MR) is 74.9 cm³/mol. The van der Waals surface area contributed by atoms with Gasteiger partial charge in [0.25, 0.3) is 0 Å². The lowest BCUT2D eigenvalue weighted by Crippen LogP contribution is -2.55. The van der Waals surface area contributed by atoms with Crippen molar-refractivity contribution in [2.45, 2.75) is 37.6 Å². The third-order valence-corrected chi connectivity index (χ3v) is 3.75. The van der Waals surface area contributed by atoms with Crippen LogP contribution in [0.4, 0.5) is 8.78 Å². The lowest BCUT2D eigenvalue weighted by atomic mass is 9.82. The van der Waals surface area contributed by atoms with E-state index in [0.29, 0.717) is 12.8 Å². The zero-order chi connectivity index (χ0) is 15.3. The SMILES string of the molecule is NC1(C(=O)NCCOc2ccc(F)c(F)c2)CCCCC1. The van der Waals surface area contributed by atoms with Gasteiger partial charge in [0.15, 0.2) is 11.6 Å². The van der Waals surface area contributed by atoms with Gasteiger partial charge in [-0.25, -0.2) is 8.78 Å². The van der Waals surface area contributed by atoms with Crippen LogP contribution in [0.3, 0.4) is 0 Å². The third kappa shape index (κ3) is 4.14. The summed E-state index contributed by atoms with van der Waals surface area (Å²) >= 11 is 0. The van der Waals surface area contributed by atoms with Crippen LogP contribution in [0.15, 0.2) is 18.2 Å². The van der Waals surface area contributed by atoms with Crippen molar-refractivity contribution in [3.05, 3.63) is 29.8 Å². The molecule has 0 saturated heterocycles. The van der Waals surface area contributed by atoms with Crippen LogP contribution < -0.4 is 15.8 Å². The number of hydrogen-bond donors (Lipinski definition) is 2. The Labute approximate surface area is 122 Å². The number of carbonyl (C=O) groups excluding carboxylic acids is 1. The fraction of sp³-hybridized carbons (Fsp3) is 0.533. The van der Waals surface area contributed by atoms with Gasteiger partial charge in [-0.3, -0.25) is 4.79 Å².